The molecule has 11 rings (SSSR count). The summed E-state index contributed by atoms with van der Waals surface area (Å²) in [6, 6.07) is 72.3. The van der Waals surface area contributed by atoms with Crippen molar-refractivity contribution in [2.45, 2.75) is 0 Å². The van der Waals surface area contributed by atoms with E-state index < -0.39 is 0 Å². The van der Waals surface area contributed by atoms with Gasteiger partial charge in [-0.25, -0.2) is 0 Å². The largest absolute Gasteiger partial charge is 0.456 e. The Bertz CT molecular complexity index is 3220. The minimum Gasteiger partial charge on any atom is -0.456 e. The van der Waals surface area contributed by atoms with Crippen molar-refractivity contribution < 1.29 is 4.42 Å². The third-order valence-electron chi connectivity index (χ3n) is 10.9. The van der Waals surface area contributed by atoms with Crippen LogP contribution in [-0.4, -0.2) is 0 Å². The van der Waals surface area contributed by atoms with E-state index >= 15 is 0 Å². The highest BCUT2D eigenvalue weighted by Crippen LogP contribution is 2.45. The van der Waals surface area contributed by atoms with Crippen molar-refractivity contribution in [3.63, 3.8) is 0 Å². The molecule has 0 amide bonds. The van der Waals surface area contributed by atoms with Gasteiger partial charge in [-0.3, -0.25) is 0 Å². The van der Waals surface area contributed by atoms with Crippen molar-refractivity contribution in [1.29, 1.82) is 0 Å². The Morgan fingerprint density at radius 2 is 1.00 bits per heavy atom. The van der Waals surface area contributed by atoms with Gasteiger partial charge in [-0.15, -0.1) is 11.3 Å². The van der Waals surface area contributed by atoms with E-state index in [0.29, 0.717) is 0 Å². The van der Waals surface area contributed by atoms with Gasteiger partial charge in [-0.05, 0) is 93.2 Å². The predicted molar refractivity (Wildman–Crippen MR) is 235 cm³/mol. The Labute approximate surface area is 322 Å². The number of para-hydroxylation sites is 2. The lowest BCUT2D eigenvalue weighted by molar-refractivity contribution is 0.669. The quantitative estimate of drug-likeness (QED) is 0.170. The highest BCUT2D eigenvalue weighted by atomic mass is 32.1. The number of fused-ring (bicyclic) bond motifs is 7. The third-order valence-corrected chi connectivity index (χ3v) is 12.0. The highest BCUT2D eigenvalue weighted by Gasteiger charge is 2.20. The van der Waals surface area contributed by atoms with Crippen LogP contribution in [0.4, 0.5) is 17.1 Å². The Morgan fingerprint density at radius 3 is 1.93 bits per heavy atom. The molecule has 258 valence electrons. The summed E-state index contributed by atoms with van der Waals surface area (Å²) in [5.74, 6) is 0. The van der Waals surface area contributed by atoms with Crippen LogP contribution in [0.15, 0.2) is 205 Å². The number of benzene rings is 9. The molecule has 3 heteroatoms. The molecule has 0 saturated carbocycles. The fourth-order valence-electron chi connectivity index (χ4n) is 8.32. The van der Waals surface area contributed by atoms with Crippen molar-refractivity contribution in [1.82, 2.24) is 0 Å². The zero-order chi connectivity index (χ0) is 36.3. The first-order chi connectivity index (χ1) is 27.3. The SMILES string of the molecule is c1cc(-c2ccc3c(c2)sc2ccccc23)cc(N(c2ccc(-c3cccc4oc5ccccc5c34)cc2)c2ccccc2-c2cccc3ccccc23)c1. The number of nitrogens with zero attached hydrogens (tertiary/aromatic N) is 1. The maximum Gasteiger partial charge on any atom is 0.136 e. The van der Waals surface area contributed by atoms with Crippen LogP contribution in [0, 0.1) is 0 Å². The smallest absolute Gasteiger partial charge is 0.136 e. The van der Waals surface area contributed by atoms with E-state index in [0.717, 1.165) is 50.1 Å². The minimum absolute atomic E-state index is 0.902. The van der Waals surface area contributed by atoms with Gasteiger partial charge in [0, 0.05) is 47.9 Å². The van der Waals surface area contributed by atoms with Crippen molar-refractivity contribution in [3.8, 4) is 33.4 Å². The molecule has 55 heavy (non-hydrogen) atoms. The molecule has 0 saturated heterocycles. The number of thiophene rings is 1. The normalized spacial score (nSPS) is 11.6. The summed E-state index contributed by atoms with van der Waals surface area (Å²) in [5.41, 5.74) is 12.2. The van der Waals surface area contributed by atoms with Gasteiger partial charge in [0.15, 0.2) is 0 Å². The molecule has 9 aromatic carbocycles. The molecule has 0 fully saturated rings. The van der Waals surface area contributed by atoms with Crippen LogP contribution in [0.5, 0.6) is 0 Å². The summed E-state index contributed by atoms with van der Waals surface area (Å²) < 4.78 is 8.88. The van der Waals surface area contributed by atoms with Crippen LogP contribution >= 0.6 is 11.3 Å². The van der Waals surface area contributed by atoms with Crippen molar-refractivity contribution in [2.24, 2.45) is 0 Å². The highest BCUT2D eigenvalue weighted by molar-refractivity contribution is 7.25. The van der Waals surface area contributed by atoms with Crippen LogP contribution in [0.3, 0.4) is 0 Å². The number of hydrogen-bond donors (Lipinski definition) is 0. The van der Waals surface area contributed by atoms with Crippen molar-refractivity contribution in [2.75, 3.05) is 4.90 Å². The van der Waals surface area contributed by atoms with E-state index in [-0.39, 0.29) is 0 Å². The molecule has 2 nitrogen and oxygen atoms in total. The predicted octanol–water partition coefficient (Wildman–Crippen LogP) is 15.6. The Morgan fingerprint density at radius 1 is 0.364 bits per heavy atom. The summed E-state index contributed by atoms with van der Waals surface area (Å²) in [4.78, 5) is 2.41. The van der Waals surface area contributed by atoms with Gasteiger partial charge < -0.3 is 9.32 Å². The molecule has 11 aromatic rings. The van der Waals surface area contributed by atoms with Crippen molar-refractivity contribution >= 4 is 81.3 Å². The van der Waals surface area contributed by atoms with Gasteiger partial charge in [0.1, 0.15) is 11.2 Å². The van der Waals surface area contributed by atoms with Crippen LogP contribution in [0.25, 0.3) is 86.3 Å². The molecule has 0 aliphatic rings. The topological polar surface area (TPSA) is 16.4 Å². The zero-order valence-corrected chi connectivity index (χ0v) is 30.6. The van der Waals surface area contributed by atoms with Crippen LogP contribution in [-0.2, 0) is 0 Å². The summed E-state index contributed by atoms with van der Waals surface area (Å²) in [6.07, 6.45) is 0. The van der Waals surface area contributed by atoms with Crippen molar-refractivity contribution in [3.05, 3.63) is 200 Å². The van der Waals surface area contributed by atoms with E-state index in [1.54, 1.807) is 0 Å². The molecule has 2 aromatic heterocycles. The molecule has 0 N–H and O–H groups in total. The van der Waals surface area contributed by atoms with Crippen LogP contribution in [0.2, 0.25) is 0 Å². The zero-order valence-electron chi connectivity index (χ0n) is 29.8. The summed E-state index contributed by atoms with van der Waals surface area (Å²) in [7, 11) is 0. The van der Waals surface area contributed by atoms with E-state index in [1.165, 1.54) is 53.2 Å². The molecule has 0 bridgehead atoms. The second-order valence-electron chi connectivity index (χ2n) is 14.1. The number of anilines is 3. The molecule has 0 unspecified atom stereocenters. The molecule has 0 radical (unpaired) electrons. The minimum atomic E-state index is 0.902. The first-order valence-electron chi connectivity index (χ1n) is 18.7. The van der Waals surface area contributed by atoms with Crippen LogP contribution < -0.4 is 4.90 Å². The molecule has 2 heterocycles. The second kappa shape index (κ2) is 12.9. The lowest BCUT2D eigenvalue weighted by Crippen LogP contribution is -2.11. The van der Waals surface area contributed by atoms with Gasteiger partial charge in [0.2, 0.25) is 0 Å². The summed E-state index contributed by atoms with van der Waals surface area (Å²) in [5, 5.41) is 7.37. The second-order valence-corrected chi connectivity index (χ2v) is 15.1. The summed E-state index contributed by atoms with van der Waals surface area (Å²) >= 11 is 1.86. The molecule has 0 atom stereocenters. The standard InChI is InChI=1S/C52H33NOS/c1-2-16-40-34(12-1)13-10-21-42(40)43-17-3-6-22-47(43)53(38-29-26-35(27-30-38)41-20-11-24-49-52(41)46-19-4-7-23-48(46)54-49)39-15-9-14-36(32-39)37-28-31-45-44-18-5-8-25-50(44)55-51(45)33-37/h1-33H. The van der Waals surface area contributed by atoms with E-state index in [4.69, 9.17) is 4.42 Å². The van der Waals surface area contributed by atoms with Gasteiger partial charge in [0.25, 0.3) is 0 Å². The fourth-order valence-corrected chi connectivity index (χ4v) is 9.46. The fraction of sp³-hybridized carbons (Fsp3) is 0. The monoisotopic (exact) mass is 719 g/mol. The number of furan rings is 1. The lowest BCUT2D eigenvalue weighted by Gasteiger charge is -2.29. The van der Waals surface area contributed by atoms with Gasteiger partial charge in [-0.2, -0.15) is 0 Å². The van der Waals surface area contributed by atoms with Gasteiger partial charge in [0.05, 0.1) is 5.69 Å². The first kappa shape index (κ1) is 31.6. The third kappa shape index (κ3) is 5.32. The molecular formula is C52H33NOS. The van der Waals surface area contributed by atoms with Gasteiger partial charge in [-0.1, -0.05) is 146 Å². The Kier molecular flexibility index (Phi) is 7.39. The van der Waals surface area contributed by atoms with Crippen LogP contribution in [0.1, 0.15) is 0 Å². The molecule has 0 aliphatic heterocycles. The summed E-state index contributed by atoms with van der Waals surface area (Å²) in [6.45, 7) is 0. The van der Waals surface area contributed by atoms with Gasteiger partial charge >= 0.3 is 0 Å². The first-order valence-corrected chi connectivity index (χ1v) is 19.5. The number of rotatable bonds is 6. The molecule has 0 aliphatic carbocycles. The van der Waals surface area contributed by atoms with E-state index in [2.05, 4.69) is 193 Å². The Balaban J connectivity index is 1.08. The average molecular weight is 720 g/mol. The number of hydrogen-bond acceptors (Lipinski definition) is 3. The maximum atomic E-state index is 6.26. The van der Waals surface area contributed by atoms with E-state index in [1.807, 2.05) is 23.5 Å². The maximum absolute atomic E-state index is 6.26. The average Bonchev–Trinajstić information content (AvgIpc) is 3.82. The lowest BCUT2D eigenvalue weighted by atomic mass is 9.95. The molecule has 0 spiro atoms. The Hall–Kier alpha value is -6.94. The molecular weight excluding hydrogens is 687 g/mol. The van der Waals surface area contributed by atoms with E-state index in [9.17, 15) is 0 Å².